The van der Waals surface area contributed by atoms with Crippen LogP contribution in [-0.2, 0) is 18.9 Å². The molecule has 0 bridgehead atoms. The van der Waals surface area contributed by atoms with Gasteiger partial charge in [-0.15, -0.1) is 0 Å². The molecule has 0 fully saturated rings. The quantitative estimate of drug-likeness (QED) is 0.198. The van der Waals surface area contributed by atoms with Gasteiger partial charge in [0.25, 0.3) is 0 Å². The van der Waals surface area contributed by atoms with Gasteiger partial charge >= 0.3 is 0 Å². The third-order valence-electron chi connectivity index (χ3n) is 2.58. The summed E-state index contributed by atoms with van der Waals surface area (Å²) < 4.78 is 21.5. The van der Waals surface area contributed by atoms with Crippen LogP contribution in [0.2, 0.25) is 0 Å². The number of nitrogens with zero attached hydrogens (tertiary/aromatic N) is 6. The first-order valence-electron chi connectivity index (χ1n) is 6.92. The zero-order valence-electron chi connectivity index (χ0n) is 13.2. The Hall–Kier alpha value is -1.54. The first-order valence-corrected chi connectivity index (χ1v) is 6.92. The molecule has 126 valence electrons. The van der Waals surface area contributed by atoms with E-state index in [0.29, 0.717) is 46.2 Å². The van der Waals surface area contributed by atoms with Crippen LogP contribution >= 0.6 is 0 Å². The number of rotatable bonds is 15. The maximum atomic E-state index is 8.20. The topological polar surface area (TPSA) is 134 Å². The van der Waals surface area contributed by atoms with E-state index in [-0.39, 0.29) is 18.5 Å². The molecule has 0 rings (SSSR count). The van der Waals surface area contributed by atoms with Crippen molar-refractivity contribution < 1.29 is 18.9 Å². The summed E-state index contributed by atoms with van der Waals surface area (Å²) in [4.78, 5) is 5.32. The highest BCUT2D eigenvalue weighted by Gasteiger charge is 2.25. The Balaban J connectivity index is 4.14. The molecule has 0 N–H and O–H groups in total. The van der Waals surface area contributed by atoms with E-state index in [0.717, 1.165) is 0 Å². The maximum Gasteiger partial charge on any atom is 0.0700 e. The molecule has 10 heteroatoms. The summed E-state index contributed by atoms with van der Waals surface area (Å²) in [5.41, 5.74) is 16.0. The molecule has 0 heterocycles. The number of hydrogen-bond acceptors (Lipinski definition) is 6. The molecule has 0 saturated heterocycles. The van der Waals surface area contributed by atoms with Crippen molar-refractivity contribution in [3.8, 4) is 0 Å². The van der Waals surface area contributed by atoms with Gasteiger partial charge in [0.15, 0.2) is 0 Å². The zero-order valence-corrected chi connectivity index (χ0v) is 13.2. The minimum absolute atomic E-state index is 0.287. The van der Waals surface area contributed by atoms with Crippen molar-refractivity contribution in [2.45, 2.75) is 6.92 Å². The molecule has 0 spiro atoms. The predicted octanol–water partition coefficient (Wildman–Crippen LogP) is 2.31. The Bertz CT molecular complexity index is 343. The smallest absolute Gasteiger partial charge is 0.0700 e. The molecule has 0 aliphatic rings. The molecular weight excluding hydrogens is 292 g/mol. The minimum Gasteiger partial charge on any atom is -0.382 e. The molecule has 0 aromatic carbocycles. The monoisotopic (exact) mass is 316 g/mol. The molecule has 0 atom stereocenters. The van der Waals surface area contributed by atoms with Crippen molar-refractivity contribution in [1.82, 2.24) is 0 Å². The highest BCUT2D eigenvalue weighted by molar-refractivity contribution is 4.73. The van der Waals surface area contributed by atoms with Crippen LogP contribution in [0, 0.1) is 5.41 Å². The van der Waals surface area contributed by atoms with Crippen LogP contribution in [0.25, 0.3) is 20.9 Å². The lowest BCUT2D eigenvalue weighted by atomic mass is 9.94. The second-order valence-electron chi connectivity index (χ2n) is 4.87. The van der Waals surface area contributed by atoms with Crippen molar-refractivity contribution in [1.29, 1.82) is 0 Å². The summed E-state index contributed by atoms with van der Waals surface area (Å²) in [5.74, 6) is 0. The molecule has 0 unspecified atom stereocenters. The lowest BCUT2D eigenvalue weighted by Crippen LogP contribution is -2.35. The fourth-order valence-electron chi connectivity index (χ4n) is 1.52. The highest BCUT2D eigenvalue weighted by Crippen LogP contribution is 2.18. The van der Waals surface area contributed by atoms with E-state index < -0.39 is 0 Å². The van der Waals surface area contributed by atoms with E-state index in [1.165, 1.54) is 0 Å². The van der Waals surface area contributed by atoms with E-state index in [1.54, 1.807) is 7.11 Å². The molecule has 0 aliphatic heterocycles. The van der Waals surface area contributed by atoms with E-state index in [9.17, 15) is 0 Å². The molecule has 0 aliphatic carbocycles. The minimum atomic E-state index is -0.347. The molecule has 0 aromatic rings. The summed E-state index contributed by atoms with van der Waals surface area (Å²) in [6, 6.07) is 0. The predicted molar refractivity (Wildman–Crippen MR) is 80.5 cm³/mol. The van der Waals surface area contributed by atoms with Gasteiger partial charge in [-0.25, -0.2) is 0 Å². The van der Waals surface area contributed by atoms with Gasteiger partial charge in [-0.3, -0.25) is 0 Å². The summed E-state index contributed by atoms with van der Waals surface area (Å²) in [6.07, 6.45) is 0. The number of methoxy groups -OCH3 is 1. The van der Waals surface area contributed by atoms with Crippen molar-refractivity contribution >= 4 is 0 Å². The van der Waals surface area contributed by atoms with Gasteiger partial charge in [0, 0.05) is 35.4 Å². The van der Waals surface area contributed by atoms with Crippen LogP contribution in [0.3, 0.4) is 0 Å². The molecule has 10 nitrogen and oxygen atoms in total. The average molecular weight is 316 g/mol. The molecular formula is C12H24N6O4. The second-order valence-corrected chi connectivity index (χ2v) is 4.87. The summed E-state index contributed by atoms with van der Waals surface area (Å²) in [7, 11) is 1.61. The van der Waals surface area contributed by atoms with Gasteiger partial charge < -0.3 is 18.9 Å². The van der Waals surface area contributed by atoms with E-state index >= 15 is 0 Å². The molecule has 0 radical (unpaired) electrons. The lowest BCUT2D eigenvalue weighted by Gasteiger charge is -2.28. The molecule has 0 amide bonds. The van der Waals surface area contributed by atoms with Crippen LogP contribution in [0.15, 0.2) is 10.2 Å². The third kappa shape index (κ3) is 12.2. The van der Waals surface area contributed by atoms with Gasteiger partial charge in [0.05, 0.1) is 46.2 Å². The van der Waals surface area contributed by atoms with Crippen LogP contribution in [-0.4, -0.2) is 66.4 Å². The van der Waals surface area contributed by atoms with Gasteiger partial charge in [-0.1, -0.05) is 17.2 Å². The van der Waals surface area contributed by atoms with Crippen LogP contribution in [0.5, 0.6) is 0 Å². The Kier molecular flexibility index (Phi) is 13.4. The zero-order chi connectivity index (χ0) is 16.5. The normalized spacial score (nSPS) is 13.0. The van der Waals surface area contributed by atoms with Gasteiger partial charge in [0.2, 0.25) is 0 Å². The Labute approximate surface area is 129 Å². The first kappa shape index (κ1) is 20.5. The Morgan fingerprint density at radius 1 is 0.818 bits per heavy atom. The maximum absolute atomic E-state index is 8.20. The summed E-state index contributed by atoms with van der Waals surface area (Å²) in [5, 5.41) is 6.81. The number of hydrogen-bond donors (Lipinski definition) is 0. The standard InChI is InChI=1S/C12H24N6O4/c1-12(11-22-8-7-19-2,9-20-5-3-15-17-13)10-21-6-4-16-18-14/h3-11H2,1-2H3. The van der Waals surface area contributed by atoms with Crippen LogP contribution in [0.4, 0.5) is 0 Å². The van der Waals surface area contributed by atoms with E-state index in [4.69, 9.17) is 30.0 Å². The summed E-state index contributed by atoms with van der Waals surface area (Å²) >= 11 is 0. The number of ether oxygens (including phenoxy) is 4. The Morgan fingerprint density at radius 3 is 1.68 bits per heavy atom. The Morgan fingerprint density at radius 2 is 1.27 bits per heavy atom. The largest absolute Gasteiger partial charge is 0.382 e. The molecule has 0 saturated carbocycles. The van der Waals surface area contributed by atoms with Gasteiger partial charge in [-0.05, 0) is 11.1 Å². The van der Waals surface area contributed by atoms with E-state index in [1.807, 2.05) is 6.92 Å². The summed E-state index contributed by atoms with van der Waals surface area (Å²) in [6.45, 7) is 5.50. The van der Waals surface area contributed by atoms with Crippen LogP contribution in [0.1, 0.15) is 6.92 Å². The van der Waals surface area contributed by atoms with Crippen molar-refractivity contribution in [3.63, 3.8) is 0 Å². The van der Waals surface area contributed by atoms with Crippen molar-refractivity contribution in [2.24, 2.45) is 15.6 Å². The number of azide groups is 2. The van der Waals surface area contributed by atoms with Gasteiger partial charge in [-0.2, -0.15) is 0 Å². The molecule has 0 aromatic heterocycles. The first-order chi connectivity index (χ1) is 10.7. The third-order valence-corrected chi connectivity index (χ3v) is 2.58. The van der Waals surface area contributed by atoms with Gasteiger partial charge in [0.1, 0.15) is 0 Å². The molecule has 22 heavy (non-hydrogen) atoms. The van der Waals surface area contributed by atoms with Crippen molar-refractivity contribution in [2.75, 3.05) is 66.4 Å². The lowest BCUT2D eigenvalue weighted by molar-refractivity contribution is -0.0635. The van der Waals surface area contributed by atoms with E-state index in [2.05, 4.69) is 20.1 Å². The SMILES string of the molecule is COCCOCC(C)(COCCN=[N+]=[N-])COCCN=[N+]=[N-]. The second kappa shape index (κ2) is 14.4. The van der Waals surface area contributed by atoms with Crippen LogP contribution < -0.4 is 0 Å². The fraction of sp³-hybridized carbons (Fsp3) is 1.00. The highest BCUT2D eigenvalue weighted by atomic mass is 16.5. The average Bonchev–Trinajstić information content (AvgIpc) is 2.51. The fourth-order valence-corrected chi connectivity index (χ4v) is 1.52. The van der Waals surface area contributed by atoms with Crippen molar-refractivity contribution in [3.05, 3.63) is 20.9 Å².